The molecule has 0 radical (unpaired) electrons. The van der Waals surface area contributed by atoms with Gasteiger partial charge in [0.15, 0.2) is 0 Å². The topological polar surface area (TPSA) is 66.0 Å². The van der Waals surface area contributed by atoms with E-state index in [1.807, 2.05) is 0 Å². The number of rotatable bonds is 11. The Bertz CT molecular complexity index is 670. The number of aromatic nitrogens is 3. The molecule has 0 N–H and O–H groups in total. The molecule has 0 aliphatic rings. The Morgan fingerprint density at radius 2 is 0.957 bits per heavy atom. The first-order valence-corrected chi connectivity index (χ1v) is 7.85. The number of allylic oxidation sites excluding steroid dienone is 3. The predicted octanol–water partition coefficient (Wildman–Crippen LogP) is 1.68. The molecule has 0 amide bonds. The summed E-state index contributed by atoms with van der Waals surface area (Å²) < 4.78 is 3.40. The SMILES string of the molecule is C=CCCCn1c(=O)n(CCC=C)c(=O)n(CCCC=C)c1=O. The van der Waals surface area contributed by atoms with Gasteiger partial charge >= 0.3 is 17.1 Å². The van der Waals surface area contributed by atoms with E-state index in [0.717, 1.165) is 13.7 Å². The highest BCUT2D eigenvalue weighted by molar-refractivity contribution is 4.81. The van der Waals surface area contributed by atoms with Gasteiger partial charge in [0, 0.05) is 19.6 Å². The molecule has 1 heterocycles. The fourth-order valence-electron chi connectivity index (χ4n) is 2.26. The van der Waals surface area contributed by atoms with Crippen LogP contribution in [0.5, 0.6) is 0 Å². The summed E-state index contributed by atoms with van der Waals surface area (Å²) in [4.78, 5) is 37.3. The summed E-state index contributed by atoms with van der Waals surface area (Å²) in [5, 5.41) is 0. The van der Waals surface area contributed by atoms with Gasteiger partial charge in [-0.15, -0.1) is 19.7 Å². The van der Waals surface area contributed by atoms with Gasteiger partial charge in [0.1, 0.15) is 0 Å². The second-order valence-electron chi connectivity index (χ2n) is 5.24. The van der Waals surface area contributed by atoms with Gasteiger partial charge in [-0.25, -0.2) is 28.1 Å². The fraction of sp³-hybridized carbons (Fsp3) is 0.471. The van der Waals surface area contributed by atoms with E-state index in [-0.39, 0.29) is 19.6 Å². The molecule has 23 heavy (non-hydrogen) atoms. The van der Waals surface area contributed by atoms with Crippen LogP contribution in [-0.2, 0) is 19.6 Å². The van der Waals surface area contributed by atoms with Crippen LogP contribution in [0, 0.1) is 0 Å². The summed E-state index contributed by atoms with van der Waals surface area (Å²) in [6, 6.07) is 0. The standard InChI is InChI=1S/C17H25N3O3/c1-4-7-10-13-19-15(21)18(12-9-6-3)16(22)20(17(19)23)14-11-8-5-2/h4-6H,1-3,7-14H2. The minimum Gasteiger partial charge on any atom is -0.247 e. The van der Waals surface area contributed by atoms with Crippen molar-refractivity contribution in [2.75, 3.05) is 0 Å². The predicted molar refractivity (Wildman–Crippen MR) is 92.9 cm³/mol. The molecule has 126 valence electrons. The number of unbranched alkanes of at least 4 members (excludes halogenated alkanes) is 2. The average Bonchev–Trinajstić information content (AvgIpc) is 2.54. The molecule has 0 bridgehead atoms. The second kappa shape index (κ2) is 9.61. The van der Waals surface area contributed by atoms with Crippen molar-refractivity contribution in [2.24, 2.45) is 0 Å². The van der Waals surface area contributed by atoms with Crippen molar-refractivity contribution in [3.8, 4) is 0 Å². The maximum absolute atomic E-state index is 12.5. The van der Waals surface area contributed by atoms with E-state index in [2.05, 4.69) is 19.7 Å². The minimum atomic E-state index is -0.550. The Balaban J connectivity index is 3.33. The fourth-order valence-corrected chi connectivity index (χ4v) is 2.26. The summed E-state index contributed by atoms with van der Waals surface area (Å²) in [5.41, 5.74) is -1.64. The molecule has 0 saturated carbocycles. The second-order valence-corrected chi connectivity index (χ2v) is 5.24. The lowest BCUT2D eigenvalue weighted by Crippen LogP contribution is -2.54. The van der Waals surface area contributed by atoms with Gasteiger partial charge in [-0.3, -0.25) is 0 Å². The van der Waals surface area contributed by atoms with E-state index in [1.165, 1.54) is 0 Å². The van der Waals surface area contributed by atoms with Crippen LogP contribution < -0.4 is 17.1 Å². The zero-order chi connectivity index (χ0) is 17.2. The highest BCUT2D eigenvalue weighted by Gasteiger charge is 2.14. The molecule has 0 aromatic carbocycles. The molecule has 0 aliphatic carbocycles. The first-order chi connectivity index (χ1) is 11.1. The monoisotopic (exact) mass is 319 g/mol. The molecule has 0 aliphatic heterocycles. The van der Waals surface area contributed by atoms with Crippen LogP contribution in [0.1, 0.15) is 32.1 Å². The maximum atomic E-state index is 12.5. The van der Waals surface area contributed by atoms with E-state index in [0.29, 0.717) is 32.1 Å². The number of hydrogen-bond donors (Lipinski definition) is 0. The van der Waals surface area contributed by atoms with Gasteiger partial charge in [-0.1, -0.05) is 18.2 Å². The average molecular weight is 319 g/mol. The van der Waals surface area contributed by atoms with Crippen LogP contribution in [0.15, 0.2) is 52.3 Å². The van der Waals surface area contributed by atoms with E-state index >= 15 is 0 Å². The van der Waals surface area contributed by atoms with E-state index in [1.54, 1.807) is 18.2 Å². The van der Waals surface area contributed by atoms with Crippen molar-refractivity contribution < 1.29 is 0 Å². The van der Waals surface area contributed by atoms with E-state index in [9.17, 15) is 14.4 Å². The van der Waals surface area contributed by atoms with Gasteiger partial charge in [0.25, 0.3) is 0 Å². The van der Waals surface area contributed by atoms with Gasteiger partial charge in [-0.2, -0.15) is 0 Å². The molecule has 1 aromatic rings. The maximum Gasteiger partial charge on any atom is 0.336 e. The zero-order valence-electron chi connectivity index (χ0n) is 13.6. The Labute approximate surface area is 135 Å². The lowest BCUT2D eigenvalue weighted by molar-refractivity contribution is 0.435. The van der Waals surface area contributed by atoms with Crippen LogP contribution in [0.2, 0.25) is 0 Å². The Hall–Kier alpha value is -2.37. The van der Waals surface area contributed by atoms with Crippen molar-refractivity contribution in [3.63, 3.8) is 0 Å². The molecule has 0 atom stereocenters. The highest BCUT2D eigenvalue weighted by atomic mass is 16.2. The summed E-state index contributed by atoms with van der Waals surface area (Å²) in [6.07, 6.45) is 8.27. The quantitative estimate of drug-likeness (QED) is 0.460. The summed E-state index contributed by atoms with van der Waals surface area (Å²) in [7, 11) is 0. The third kappa shape index (κ3) is 4.81. The smallest absolute Gasteiger partial charge is 0.247 e. The van der Waals surface area contributed by atoms with Crippen molar-refractivity contribution in [3.05, 3.63) is 69.4 Å². The molecule has 0 fully saturated rings. The molecule has 0 saturated heterocycles. The Morgan fingerprint density at radius 3 is 1.30 bits per heavy atom. The molecule has 6 heteroatoms. The Morgan fingerprint density at radius 1 is 0.609 bits per heavy atom. The number of hydrogen-bond acceptors (Lipinski definition) is 3. The third-order valence-corrected chi connectivity index (χ3v) is 3.52. The van der Waals surface area contributed by atoms with Crippen LogP contribution in [0.25, 0.3) is 0 Å². The van der Waals surface area contributed by atoms with Crippen molar-refractivity contribution >= 4 is 0 Å². The molecule has 0 unspecified atom stereocenters. The lowest BCUT2D eigenvalue weighted by Gasteiger charge is -2.13. The molecule has 6 nitrogen and oxygen atoms in total. The van der Waals surface area contributed by atoms with Gasteiger partial charge in [0.05, 0.1) is 0 Å². The molecular weight excluding hydrogens is 294 g/mol. The van der Waals surface area contributed by atoms with E-state index in [4.69, 9.17) is 0 Å². The van der Waals surface area contributed by atoms with Gasteiger partial charge in [0.2, 0.25) is 0 Å². The molecule has 1 rings (SSSR count). The minimum absolute atomic E-state index is 0.227. The number of nitrogens with zero attached hydrogens (tertiary/aromatic N) is 3. The third-order valence-electron chi connectivity index (χ3n) is 3.52. The van der Waals surface area contributed by atoms with Gasteiger partial charge < -0.3 is 0 Å². The first kappa shape index (κ1) is 18.7. The molecule has 0 spiro atoms. The van der Waals surface area contributed by atoms with E-state index < -0.39 is 17.1 Å². The van der Waals surface area contributed by atoms with Crippen LogP contribution in [-0.4, -0.2) is 13.7 Å². The van der Waals surface area contributed by atoms with Crippen molar-refractivity contribution in [1.82, 2.24) is 13.7 Å². The summed E-state index contributed by atoms with van der Waals surface area (Å²) in [6.45, 7) is 11.6. The largest absolute Gasteiger partial charge is 0.336 e. The van der Waals surface area contributed by atoms with Crippen LogP contribution >= 0.6 is 0 Å². The Kier molecular flexibility index (Phi) is 7.80. The summed E-state index contributed by atoms with van der Waals surface area (Å²) >= 11 is 0. The zero-order valence-corrected chi connectivity index (χ0v) is 13.6. The summed E-state index contributed by atoms with van der Waals surface area (Å²) in [5.74, 6) is 0. The van der Waals surface area contributed by atoms with Crippen molar-refractivity contribution in [1.29, 1.82) is 0 Å². The highest BCUT2D eigenvalue weighted by Crippen LogP contribution is 1.93. The normalized spacial score (nSPS) is 10.4. The van der Waals surface area contributed by atoms with Crippen LogP contribution in [0.4, 0.5) is 0 Å². The van der Waals surface area contributed by atoms with Crippen molar-refractivity contribution in [2.45, 2.75) is 51.7 Å². The van der Waals surface area contributed by atoms with Gasteiger partial charge in [-0.05, 0) is 32.1 Å². The molecule has 1 aromatic heterocycles. The molecular formula is C17H25N3O3. The van der Waals surface area contributed by atoms with Crippen LogP contribution in [0.3, 0.4) is 0 Å². The lowest BCUT2D eigenvalue weighted by atomic mass is 10.3. The first-order valence-electron chi connectivity index (χ1n) is 7.85.